The molecule has 0 unspecified atom stereocenters. The third-order valence-corrected chi connectivity index (χ3v) is 3.67. The number of hydrogen-bond donors (Lipinski definition) is 0. The molecule has 0 saturated carbocycles. The topological polar surface area (TPSA) is 29.0 Å². The van der Waals surface area contributed by atoms with Crippen LogP contribution in [0.3, 0.4) is 0 Å². The highest BCUT2D eigenvalue weighted by molar-refractivity contribution is 9.10. The van der Waals surface area contributed by atoms with Gasteiger partial charge in [0.2, 0.25) is 0 Å². The summed E-state index contributed by atoms with van der Waals surface area (Å²) < 4.78 is 1.05. The molecule has 0 atom stereocenters. The van der Waals surface area contributed by atoms with Crippen molar-refractivity contribution in [2.45, 2.75) is 13.3 Å². The average molecular weight is 306 g/mol. The van der Waals surface area contributed by atoms with Gasteiger partial charge in [0.15, 0.2) is 0 Å². The SMILES string of the molecule is Cc1nc(N(C)CCc2ccccn2)ccc1Br. The van der Waals surface area contributed by atoms with Gasteiger partial charge in [0.25, 0.3) is 0 Å². The van der Waals surface area contributed by atoms with E-state index in [0.717, 1.165) is 34.6 Å². The first kappa shape index (κ1) is 13.0. The number of nitrogens with zero attached hydrogens (tertiary/aromatic N) is 3. The van der Waals surface area contributed by atoms with E-state index in [1.54, 1.807) is 0 Å². The van der Waals surface area contributed by atoms with Gasteiger partial charge in [-0.15, -0.1) is 0 Å². The van der Waals surface area contributed by atoms with E-state index in [9.17, 15) is 0 Å². The number of aryl methyl sites for hydroxylation is 1. The van der Waals surface area contributed by atoms with Gasteiger partial charge in [-0.2, -0.15) is 0 Å². The molecule has 0 radical (unpaired) electrons. The minimum absolute atomic E-state index is 0.908. The quantitative estimate of drug-likeness (QED) is 0.868. The maximum Gasteiger partial charge on any atom is 0.128 e. The zero-order valence-corrected chi connectivity index (χ0v) is 12.2. The highest BCUT2D eigenvalue weighted by Crippen LogP contribution is 2.18. The third-order valence-electron chi connectivity index (χ3n) is 2.83. The summed E-state index contributed by atoms with van der Waals surface area (Å²) in [5.74, 6) is 0.992. The van der Waals surface area contributed by atoms with Crippen LogP contribution in [0.2, 0.25) is 0 Å². The van der Waals surface area contributed by atoms with Crippen LogP contribution in [0.5, 0.6) is 0 Å². The molecular formula is C14H16BrN3. The minimum Gasteiger partial charge on any atom is -0.359 e. The first-order valence-corrected chi connectivity index (χ1v) is 6.70. The molecule has 0 saturated heterocycles. The number of rotatable bonds is 4. The van der Waals surface area contributed by atoms with Crippen LogP contribution in [0, 0.1) is 6.92 Å². The number of pyridine rings is 2. The van der Waals surface area contributed by atoms with Crippen LogP contribution in [-0.2, 0) is 6.42 Å². The predicted octanol–water partition coefficient (Wildman–Crippen LogP) is 3.23. The maximum absolute atomic E-state index is 4.54. The van der Waals surface area contributed by atoms with E-state index < -0.39 is 0 Å². The van der Waals surface area contributed by atoms with E-state index in [2.05, 4.69) is 37.8 Å². The summed E-state index contributed by atoms with van der Waals surface area (Å²) in [4.78, 5) is 11.0. The van der Waals surface area contributed by atoms with E-state index in [-0.39, 0.29) is 0 Å². The number of halogens is 1. The van der Waals surface area contributed by atoms with E-state index >= 15 is 0 Å². The molecule has 2 heterocycles. The van der Waals surface area contributed by atoms with Crippen molar-refractivity contribution >= 4 is 21.7 Å². The van der Waals surface area contributed by atoms with Crippen molar-refractivity contribution in [3.8, 4) is 0 Å². The van der Waals surface area contributed by atoms with E-state index in [1.165, 1.54) is 0 Å². The maximum atomic E-state index is 4.54. The summed E-state index contributed by atoms with van der Waals surface area (Å²) >= 11 is 3.46. The molecule has 0 aliphatic carbocycles. The van der Waals surface area contributed by atoms with E-state index in [1.807, 2.05) is 43.5 Å². The van der Waals surface area contributed by atoms with Crippen molar-refractivity contribution in [2.24, 2.45) is 0 Å². The summed E-state index contributed by atoms with van der Waals surface area (Å²) in [5.41, 5.74) is 2.12. The first-order valence-electron chi connectivity index (χ1n) is 5.91. The molecule has 0 aromatic carbocycles. The monoisotopic (exact) mass is 305 g/mol. The fraction of sp³-hybridized carbons (Fsp3) is 0.286. The Labute approximate surface area is 116 Å². The van der Waals surface area contributed by atoms with Crippen molar-refractivity contribution in [3.63, 3.8) is 0 Å². The average Bonchev–Trinajstić information content (AvgIpc) is 2.40. The van der Waals surface area contributed by atoms with Crippen molar-refractivity contribution in [3.05, 3.63) is 52.4 Å². The molecule has 2 aromatic heterocycles. The highest BCUT2D eigenvalue weighted by Gasteiger charge is 2.05. The molecule has 0 amide bonds. The molecule has 0 spiro atoms. The number of hydrogen-bond acceptors (Lipinski definition) is 3. The van der Waals surface area contributed by atoms with Crippen molar-refractivity contribution in [2.75, 3.05) is 18.5 Å². The van der Waals surface area contributed by atoms with Gasteiger partial charge in [0, 0.05) is 36.4 Å². The van der Waals surface area contributed by atoms with Crippen LogP contribution >= 0.6 is 15.9 Å². The van der Waals surface area contributed by atoms with Gasteiger partial charge in [0.05, 0.1) is 5.69 Å². The predicted molar refractivity (Wildman–Crippen MR) is 77.9 cm³/mol. The molecule has 0 bridgehead atoms. The molecule has 94 valence electrons. The molecule has 18 heavy (non-hydrogen) atoms. The van der Waals surface area contributed by atoms with E-state index in [0.29, 0.717) is 0 Å². The van der Waals surface area contributed by atoms with Crippen molar-refractivity contribution in [1.29, 1.82) is 0 Å². The van der Waals surface area contributed by atoms with Crippen molar-refractivity contribution in [1.82, 2.24) is 9.97 Å². The highest BCUT2D eigenvalue weighted by atomic mass is 79.9. The van der Waals surface area contributed by atoms with Gasteiger partial charge in [-0.25, -0.2) is 4.98 Å². The molecule has 0 aliphatic heterocycles. The third kappa shape index (κ3) is 3.29. The number of anilines is 1. The van der Waals surface area contributed by atoms with Gasteiger partial charge in [-0.1, -0.05) is 6.07 Å². The number of aromatic nitrogens is 2. The molecule has 0 N–H and O–H groups in total. The second-order valence-corrected chi connectivity index (χ2v) is 5.08. The lowest BCUT2D eigenvalue weighted by atomic mass is 10.2. The number of likely N-dealkylation sites (N-methyl/N-ethyl adjacent to an activating group) is 1. The summed E-state index contributed by atoms with van der Waals surface area (Å²) in [7, 11) is 2.05. The van der Waals surface area contributed by atoms with Crippen molar-refractivity contribution < 1.29 is 0 Å². The summed E-state index contributed by atoms with van der Waals surface area (Å²) in [5, 5.41) is 0. The lowest BCUT2D eigenvalue weighted by Gasteiger charge is -2.18. The fourth-order valence-corrected chi connectivity index (χ4v) is 1.91. The zero-order chi connectivity index (χ0) is 13.0. The Balaban J connectivity index is 1.99. The Bertz CT molecular complexity index is 514. The molecule has 0 aliphatic rings. The molecule has 2 aromatic rings. The Hall–Kier alpha value is -1.42. The Morgan fingerprint density at radius 2 is 2.06 bits per heavy atom. The van der Waals surface area contributed by atoms with Crippen LogP contribution in [0.25, 0.3) is 0 Å². The first-order chi connectivity index (χ1) is 8.66. The van der Waals surface area contributed by atoms with Gasteiger partial charge in [-0.3, -0.25) is 4.98 Å². The van der Waals surface area contributed by atoms with Crippen LogP contribution in [0.1, 0.15) is 11.4 Å². The van der Waals surface area contributed by atoms with Gasteiger partial charge < -0.3 is 4.90 Å². The van der Waals surface area contributed by atoms with Gasteiger partial charge in [-0.05, 0) is 47.1 Å². The lowest BCUT2D eigenvalue weighted by Crippen LogP contribution is -2.21. The minimum atomic E-state index is 0.908. The van der Waals surface area contributed by atoms with Crippen LogP contribution in [0.15, 0.2) is 41.0 Å². The molecule has 2 rings (SSSR count). The molecule has 4 heteroatoms. The molecule has 0 fully saturated rings. The molecule has 3 nitrogen and oxygen atoms in total. The second-order valence-electron chi connectivity index (χ2n) is 4.23. The van der Waals surface area contributed by atoms with Gasteiger partial charge >= 0.3 is 0 Å². The Morgan fingerprint density at radius 3 is 2.72 bits per heavy atom. The lowest BCUT2D eigenvalue weighted by molar-refractivity contribution is 0.836. The van der Waals surface area contributed by atoms with Crippen LogP contribution < -0.4 is 4.90 Å². The zero-order valence-electron chi connectivity index (χ0n) is 10.6. The van der Waals surface area contributed by atoms with Gasteiger partial charge in [0.1, 0.15) is 5.82 Å². The fourth-order valence-electron chi connectivity index (χ4n) is 1.69. The summed E-state index contributed by atoms with van der Waals surface area (Å²) in [6.07, 6.45) is 2.76. The largest absolute Gasteiger partial charge is 0.359 e. The normalized spacial score (nSPS) is 10.4. The second kappa shape index (κ2) is 5.96. The molecular weight excluding hydrogens is 290 g/mol. The Kier molecular flexibility index (Phi) is 4.31. The standard InChI is InChI=1S/C14H16BrN3/c1-11-13(15)6-7-14(17-11)18(2)10-8-12-5-3-4-9-16-12/h3-7,9H,8,10H2,1-2H3. The van der Waals surface area contributed by atoms with Crippen LogP contribution in [-0.4, -0.2) is 23.6 Å². The van der Waals surface area contributed by atoms with E-state index in [4.69, 9.17) is 0 Å². The smallest absolute Gasteiger partial charge is 0.128 e. The van der Waals surface area contributed by atoms with Crippen LogP contribution in [0.4, 0.5) is 5.82 Å². The summed E-state index contributed by atoms with van der Waals surface area (Å²) in [6, 6.07) is 10.1. The summed E-state index contributed by atoms with van der Waals surface area (Å²) in [6.45, 7) is 2.91. The Morgan fingerprint density at radius 1 is 1.22 bits per heavy atom.